The summed E-state index contributed by atoms with van der Waals surface area (Å²) in [7, 11) is 1.81. The van der Waals surface area contributed by atoms with Gasteiger partial charge < -0.3 is 4.90 Å². The zero-order valence-corrected chi connectivity index (χ0v) is 16.0. The smallest absolute Gasteiger partial charge is 0.233 e. The van der Waals surface area contributed by atoms with Gasteiger partial charge >= 0.3 is 0 Å². The van der Waals surface area contributed by atoms with Gasteiger partial charge in [0.15, 0.2) is 11.0 Å². The summed E-state index contributed by atoms with van der Waals surface area (Å²) < 4.78 is 1.96. The summed E-state index contributed by atoms with van der Waals surface area (Å²) in [5.74, 6) is 1.09. The second kappa shape index (κ2) is 9.14. The molecule has 0 atom stereocenters. The third-order valence-corrected chi connectivity index (χ3v) is 4.93. The molecule has 1 aromatic carbocycles. The van der Waals surface area contributed by atoms with Crippen molar-refractivity contribution in [3.63, 3.8) is 0 Å². The van der Waals surface area contributed by atoms with Crippen LogP contribution >= 0.6 is 11.8 Å². The van der Waals surface area contributed by atoms with Gasteiger partial charge in [0, 0.05) is 38.1 Å². The van der Waals surface area contributed by atoms with E-state index in [1.165, 1.54) is 11.8 Å². The second-order valence-corrected chi connectivity index (χ2v) is 6.91. The van der Waals surface area contributed by atoms with Crippen LogP contribution in [-0.4, -0.2) is 43.4 Å². The predicted octanol–water partition coefficient (Wildman–Crippen LogP) is 3.28. The predicted molar refractivity (Wildman–Crippen MR) is 107 cm³/mol. The molecule has 0 saturated carbocycles. The van der Waals surface area contributed by atoms with Crippen molar-refractivity contribution in [2.45, 2.75) is 18.2 Å². The molecule has 0 aliphatic rings. The van der Waals surface area contributed by atoms with E-state index in [0.717, 1.165) is 17.0 Å². The topological polar surface area (TPSA) is 63.9 Å². The number of hydrogen-bond acceptors (Lipinski definition) is 5. The molecule has 0 N–H and O–H groups in total. The summed E-state index contributed by atoms with van der Waals surface area (Å²) in [4.78, 5) is 18.2. The highest BCUT2D eigenvalue weighted by molar-refractivity contribution is 7.99. The third kappa shape index (κ3) is 4.83. The maximum absolute atomic E-state index is 12.5. The largest absolute Gasteiger partial charge is 0.341 e. The molecule has 0 saturated heterocycles. The van der Waals surface area contributed by atoms with Gasteiger partial charge in [-0.2, -0.15) is 0 Å². The van der Waals surface area contributed by atoms with Gasteiger partial charge in [-0.05, 0) is 17.7 Å². The quantitative estimate of drug-likeness (QED) is 0.444. The number of benzene rings is 1. The molecule has 0 spiro atoms. The van der Waals surface area contributed by atoms with Crippen LogP contribution in [0.1, 0.15) is 5.56 Å². The van der Waals surface area contributed by atoms with E-state index in [-0.39, 0.29) is 5.91 Å². The van der Waals surface area contributed by atoms with Gasteiger partial charge in [0.25, 0.3) is 0 Å². The molecule has 138 valence electrons. The molecule has 2 aromatic heterocycles. The molecular formula is C20H21N5OS. The van der Waals surface area contributed by atoms with Crippen LogP contribution in [0.5, 0.6) is 0 Å². The lowest BCUT2D eigenvalue weighted by Crippen LogP contribution is -2.27. The fraction of sp³-hybridized carbons (Fsp3) is 0.200. The molecular weight excluding hydrogens is 358 g/mol. The summed E-state index contributed by atoms with van der Waals surface area (Å²) in [6.07, 6.45) is 5.23. The Kier molecular flexibility index (Phi) is 6.38. The Morgan fingerprint density at radius 2 is 1.93 bits per heavy atom. The van der Waals surface area contributed by atoms with Crippen molar-refractivity contribution in [2.75, 3.05) is 12.8 Å². The van der Waals surface area contributed by atoms with Crippen LogP contribution in [0.25, 0.3) is 11.4 Å². The molecule has 6 nitrogen and oxygen atoms in total. The molecule has 27 heavy (non-hydrogen) atoms. The molecule has 0 aliphatic heterocycles. The van der Waals surface area contributed by atoms with Crippen molar-refractivity contribution in [2.24, 2.45) is 0 Å². The van der Waals surface area contributed by atoms with Gasteiger partial charge in [-0.1, -0.05) is 48.2 Å². The first kappa shape index (κ1) is 18.8. The van der Waals surface area contributed by atoms with Crippen molar-refractivity contribution >= 4 is 17.7 Å². The van der Waals surface area contributed by atoms with Crippen LogP contribution in [0.4, 0.5) is 0 Å². The average Bonchev–Trinajstić information content (AvgIpc) is 3.10. The van der Waals surface area contributed by atoms with Crippen LogP contribution in [0, 0.1) is 0 Å². The number of amides is 1. The molecule has 0 radical (unpaired) electrons. The van der Waals surface area contributed by atoms with E-state index in [0.29, 0.717) is 24.0 Å². The molecule has 3 aromatic rings. The second-order valence-electron chi connectivity index (χ2n) is 5.97. The molecule has 1 amide bonds. The van der Waals surface area contributed by atoms with E-state index in [9.17, 15) is 4.79 Å². The van der Waals surface area contributed by atoms with Crippen molar-refractivity contribution in [3.05, 3.63) is 73.1 Å². The third-order valence-electron chi connectivity index (χ3n) is 3.98. The van der Waals surface area contributed by atoms with Gasteiger partial charge in [0.2, 0.25) is 5.91 Å². The lowest BCUT2D eigenvalue weighted by Gasteiger charge is -2.17. The Balaban J connectivity index is 1.67. The fourth-order valence-corrected chi connectivity index (χ4v) is 3.47. The first-order valence-corrected chi connectivity index (χ1v) is 9.52. The minimum atomic E-state index is 0.0440. The number of carbonyl (C=O) groups excluding carboxylic acids is 1. The van der Waals surface area contributed by atoms with Gasteiger partial charge in [-0.15, -0.1) is 16.8 Å². The molecule has 0 unspecified atom stereocenters. The Hall–Kier alpha value is -2.93. The molecule has 0 fully saturated rings. The van der Waals surface area contributed by atoms with Gasteiger partial charge in [0.1, 0.15) is 0 Å². The number of thioether (sulfide) groups is 1. The van der Waals surface area contributed by atoms with Crippen molar-refractivity contribution in [1.82, 2.24) is 24.6 Å². The molecule has 7 heteroatoms. The number of hydrogen-bond donors (Lipinski definition) is 0. The minimum Gasteiger partial charge on any atom is -0.341 e. The normalized spacial score (nSPS) is 10.6. The monoisotopic (exact) mass is 379 g/mol. The summed E-state index contributed by atoms with van der Waals surface area (Å²) in [6.45, 7) is 4.96. The highest BCUT2D eigenvalue weighted by Crippen LogP contribution is 2.24. The van der Waals surface area contributed by atoms with Crippen LogP contribution in [-0.2, 0) is 17.9 Å². The number of nitrogens with zero attached hydrogens (tertiary/aromatic N) is 5. The number of allylic oxidation sites excluding steroid dienone is 1. The summed E-state index contributed by atoms with van der Waals surface area (Å²) in [5.41, 5.74) is 2.03. The summed E-state index contributed by atoms with van der Waals surface area (Å²) in [6, 6.07) is 13.7. The number of aromatic nitrogens is 4. The average molecular weight is 379 g/mol. The van der Waals surface area contributed by atoms with Gasteiger partial charge in [-0.3, -0.25) is 14.3 Å². The highest BCUT2D eigenvalue weighted by atomic mass is 32.2. The summed E-state index contributed by atoms with van der Waals surface area (Å²) >= 11 is 1.38. The zero-order chi connectivity index (χ0) is 19.1. The van der Waals surface area contributed by atoms with Gasteiger partial charge in [0.05, 0.1) is 5.75 Å². The maximum Gasteiger partial charge on any atom is 0.233 e. The lowest BCUT2D eigenvalue weighted by atomic mass is 10.2. The van der Waals surface area contributed by atoms with Crippen LogP contribution < -0.4 is 0 Å². The first-order valence-electron chi connectivity index (χ1n) is 8.54. The fourth-order valence-electron chi connectivity index (χ4n) is 2.59. The van der Waals surface area contributed by atoms with E-state index in [1.54, 1.807) is 23.4 Å². The first-order chi connectivity index (χ1) is 13.2. The van der Waals surface area contributed by atoms with Crippen molar-refractivity contribution in [1.29, 1.82) is 0 Å². The van der Waals surface area contributed by atoms with E-state index in [4.69, 9.17) is 0 Å². The lowest BCUT2D eigenvalue weighted by molar-refractivity contribution is -0.127. The highest BCUT2D eigenvalue weighted by Gasteiger charge is 2.16. The Morgan fingerprint density at radius 3 is 2.63 bits per heavy atom. The van der Waals surface area contributed by atoms with E-state index in [2.05, 4.69) is 21.8 Å². The molecule has 2 heterocycles. The van der Waals surface area contributed by atoms with Crippen molar-refractivity contribution < 1.29 is 4.79 Å². The maximum atomic E-state index is 12.5. The number of pyridine rings is 1. The van der Waals surface area contributed by atoms with Gasteiger partial charge in [-0.25, -0.2) is 0 Å². The van der Waals surface area contributed by atoms with E-state index < -0.39 is 0 Å². The SMILES string of the molecule is C=CCn1c(SCC(=O)N(C)Cc2ccccc2)nnc1-c1ccncc1. The Morgan fingerprint density at radius 1 is 1.19 bits per heavy atom. The standard InChI is InChI=1S/C20H21N5OS/c1-3-13-25-19(17-9-11-21-12-10-17)22-23-20(25)27-15-18(26)24(2)14-16-7-5-4-6-8-16/h3-12H,1,13-15H2,2H3. The summed E-state index contributed by atoms with van der Waals surface area (Å²) in [5, 5.41) is 9.25. The van der Waals surface area contributed by atoms with E-state index in [1.807, 2.05) is 54.1 Å². The van der Waals surface area contributed by atoms with Crippen molar-refractivity contribution in [3.8, 4) is 11.4 Å². The number of carbonyl (C=O) groups is 1. The Labute approximate surface area is 163 Å². The minimum absolute atomic E-state index is 0.0440. The van der Waals surface area contributed by atoms with Crippen LogP contribution in [0.15, 0.2) is 72.7 Å². The molecule has 0 aliphatic carbocycles. The zero-order valence-electron chi connectivity index (χ0n) is 15.2. The molecule has 0 bridgehead atoms. The Bertz CT molecular complexity index is 895. The number of rotatable bonds is 8. The van der Waals surface area contributed by atoms with E-state index >= 15 is 0 Å². The van der Waals surface area contributed by atoms with Crippen LogP contribution in [0.3, 0.4) is 0 Å². The van der Waals surface area contributed by atoms with Crippen LogP contribution in [0.2, 0.25) is 0 Å². The molecule has 3 rings (SSSR count).